The number of nitrogens with zero attached hydrogens (tertiary/aromatic N) is 3. The third kappa shape index (κ3) is 1.58. The van der Waals surface area contributed by atoms with Gasteiger partial charge in [0.15, 0.2) is 0 Å². The largest absolute Gasteiger partial charge is 0.341 e. The molecule has 16 heavy (non-hydrogen) atoms. The van der Waals surface area contributed by atoms with Gasteiger partial charge in [0.05, 0.1) is 17.8 Å². The second kappa shape index (κ2) is 3.71. The van der Waals surface area contributed by atoms with Crippen LogP contribution in [0.1, 0.15) is 24.7 Å². The molecule has 1 aliphatic rings. The van der Waals surface area contributed by atoms with Crippen molar-refractivity contribution in [2.45, 2.75) is 18.9 Å². The highest BCUT2D eigenvalue weighted by Gasteiger charge is 2.25. The van der Waals surface area contributed by atoms with Crippen LogP contribution in [0.2, 0.25) is 5.15 Å². The van der Waals surface area contributed by atoms with Crippen molar-refractivity contribution in [3.05, 3.63) is 23.2 Å². The second-order valence-corrected chi connectivity index (χ2v) is 4.67. The van der Waals surface area contributed by atoms with E-state index in [0.29, 0.717) is 11.2 Å². The zero-order valence-electron chi connectivity index (χ0n) is 9.07. The van der Waals surface area contributed by atoms with Crippen LogP contribution in [0.25, 0.3) is 11.0 Å². The number of rotatable bonds is 1. The first-order valence-corrected chi connectivity index (χ1v) is 5.83. The molecule has 1 fully saturated rings. The molecule has 1 atom stereocenters. The topological polar surface area (TPSA) is 44.8 Å². The fourth-order valence-corrected chi connectivity index (χ4v) is 2.48. The molecule has 0 saturated carbocycles. The summed E-state index contributed by atoms with van der Waals surface area (Å²) in [7, 11) is 2.14. The molecule has 84 valence electrons. The predicted molar refractivity (Wildman–Crippen MR) is 63.5 cm³/mol. The maximum absolute atomic E-state index is 5.85. The van der Waals surface area contributed by atoms with E-state index >= 15 is 0 Å². The van der Waals surface area contributed by atoms with Gasteiger partial charge in [-0.05, 0) is 26.4 Å². The molecule has 0 amide bonds. The molecule has 4 nitrogen and oxygen atoms in total. The Morgan fingerprint density at radius 1 is 1.56 bits per heavy atom. The summed E-state index contributed by atoms with van der Waals surface area (Å²) in [5.41, 5.74) is 1.86. The number of hydrogen-bond acceptors (Lipinski definition) is 3. The summed E-state index contributed by atoms with van der Waals surface area (Å²) < 4.78 is 0. The van der Waals surface area contributed by atoms with Crippen LogP contribution in [0.15, 0.2) is 12.3 Å². The van der Waals surface area contributed by atoms with Crippen molar-refractivity contribution in [2.24, 2.45) is 0 Å². The molecule has 0 spiro atoms. The Morgan fingerprint density at radius 2 is 2.44 bits per heavy atom. The minimum atomic E-state index is 0.408. The van der Waals surface area contributed by atoms with E-state index < -0.39 is 0 Å². The Bertz CT molecular complexity index is 522. The number of imidazole rings is 1. The Kier molecular flexibility index (Phi) is 2.33. The average molecular weight is 237 g/mol. The summed E-state index contributed by atoms with van der Waals surface area (Å²) in [6.07, 6.45) is 4.11. The van der Waals surface area contributed by atoms with Gasteiger partial charge in [-0.1, -0.05) is 11.6 Å². The molecule has 0 bridgehead atoms. The smallest absolute Gasteiger partial charge is 0.131 e. The molecule has 1 saturated heterocycles. The standard InChI is InChI=1S/C11H13ClN4/c1-16-4-2-3-9(16)11-14-7-5-10(12)13-6-8(7)15-11/h5-6,9H,2-4H2,1H3,(H,14,15). The van der Waals surface area contributed by atoms with Crippen LogP contribution in [-0.4, -0.2) is 33.4 Å². The first-order chi connectivity index (χ1) is 7.74. The fourth-order valence-electron chi connectivity index (χ4n) is 2.32. The zero-order valence-corrected chi connectivity index (χ0v) is 9.83. The monoisotopic (exact) mass is 236 g/mol. The second-order valence-electron chi connectivity index (χ2n) is 4.28. The van der Waals surface area contributed by atoms with Crippen molar-refractivity contribution < 1.29 is 0 Å². The molecule has 3 rings (SSSR count). The Morgan fingerprint density at radius 3 is 3.19 bits per heavy atom. The van der Waals surface area contributed by atoms with E-state index in [1.165, 1.54) is 6.42 Å². The normalized spacial score (nSPS) is 22.0. The molecule has 1 unspecified atom stereocenters. The summed E-state index contributed by atoms with van der Waals surface area (Å²) in [5, 5.41) is 0.502. The van der Waals surface area contributed by atoms with Crippen molar-refractivity contribution >= 4 is 22.6 Å². The van der Waals surface area contributed by atoms with Crippen LogP contribution >= 0.6 is 11.6 Å². The third-order valence-electron chi connectivity index (χ3n) is 3.19. The van der Waals surface area contributed by atoms with E-state index in [1.54, 1.807) is 6.20 Å². The van der Waals surface area contributed by atoms with Crippen molar-refractivity contribution in [1.82, 2.24) is 19.9 Å². The molecular formula is C11H13ClN4. The number of likely N-dealkylation sites (tertiary alicyclic amines) is 1. The lowest BCUT2D eigenvalue weighted by atomic mass is 10.2. The number of halogens is 1. The minimum absolute atomic E-state index is 0.408. The van der Waals surface area contributed by atoms with Crippen molar-refractivity contribution in [3.8, 4) is 0 Å². The molecule has 2 aromatic heterocycles. The van der Waals surface area contributed by atoms with Gasteiger partial charge in [0, 0.05) is 6.07 Å². The van der Waals surface area contributed by atoms with E-state index in [1.807, 2.05) is 6.07 Å². The molecule has 0 radical (unpaired) electrons. The van der Waals surface area contributed by atoms with Gasteiger partial charge >= 0.3 is 0 Å². The Labute approximate surface area is 98.6 Å². The number of hydrogen-bond donors (Lipinski definition) is 1. The highest BCUT2D eigenvalue weighted by Crippen LogP contribution is 2.29. The number of aromatic amines is 1. The van der Waals surface area contributed by atoms with E-state index in [4.69, 9.17) is 11.6 Å². The van der Waals surface area contributed by atoms with Gasteiger partial charge in [0.1, 0.15) is 16.5 Å². The van der Waals surface area contributed by atoms with Crippen LogP contribution in [0.5, 0.6) is 0 Å². The van der Waals surface area contributed by atoms with Gasteiger partial charge in [-0.25, -0.2) is 9.97 Å². The maximum Gasteiger partial charge on any atom is 0.131 e. The molecule has 2 aromatic rings. The highest BCUT2D eigenvalue weighted by atomic mass is 35.5. The third-order valence-corrected chi connectivity index (χ3v) is 3.40. The SMILES string of the molecule is CN1CCCC1c1nc2cnc(Cl)cc2[nH]1. The van der Waals surface area contributed by atoms with Gasteiger partial charge in [0.25, 0.3) is 0 Å². The molecule has 1 aliphatic heterocycles. The van der Waals surface area contributed by atoms with Gasteiger partial charge in [-0.15, -0.1) is 0 Å². The lowest BCUT2D eigenvalue weighted by Crippen LogP contribution is -2.18. The van der Waals surface area contributed by atoms with Crippen LogP contribution in [0.3, 0.4) is 0 Å². The van der Waals surface area contributed by atoms with E-state index in [9.17, 15) is 0 Å². The van der Waals surface area contributed by atoms with E-state index in [-0.39, 0.29) is 0 Å². The summed E-state index contributed by atoms with van der Waals surface area (Å²) >= 11 is 5.85. The first-order valence-electron chi connectivity index (χ1n) is 5.45. The van der Waals surface area contributed by atoms with Crippen LogP contribution in [-0.2, 0) is 0 Å². The Hall–Kier alpha value is -1.13. The predicted octanol–water partition coefficient (Wildman–Crippen LogP) is 2.38. The van der Waals surface area contributed by atoms with Crippen molar-refractivity contribution in [2.75, 3.05) is 13.6 Å². The van der Waals surface area contributed by atoms with Crippen molar-refractivity contribution in [1.29, 1.82) is 0 Å². The van der Waals surface area contributed by atoms with Crippen LogP contribution in [0.4, 0.5) is 0 Å². The average Bonchev–Trinajstić information content (AvgIpc) is 2.82. The quantitative estimate of drug-likeness (QED) is 0.774. The molecule has 3 heterocycles. The number of nitrogens with one attached hydrogen (secondary N) is 1. The van der Waals surface area contributed by atoms with Gasteiger partial charge in [-0.2, -0.15) is 0 Å². The molecular weight excluding hydrogens is 224 g/mol. The lowest BCUT2D eigenvalue weighted by Gasteiger charge is -2.16. The van der Waals surface area contributed by atoms with Crippen LogP contribution < -0.4 is 0 Å². The molecule has 0 aromatic carbocycles. The summed E-state index contributed by atoms with van der Waals surface area (Å²) in [4.78, 5) is 14.3. The number of aromatic nitrogens is 3. The number of fused-ring (bicyclic) bond motifs is 1. The molecule has 1 N–H and O–H groups in total. The molecule has 0 aliphatic carbocycles. The fraction of sp³-hybridized carbons (Fsp3) is 0.455. The highest BCUT2D eigenvalue weighted by molar-refractivity contribution is 6.29. The lowest BCUT2D eigenvalue weighted by molar-refractivity contribution is 0.307. The Balaban J connectivity index is 2.04. The van der Waals surface area contributed by atoms with Gasteiger partial charge < -0.3 is 4.98 Å². The first kappa shape index (κ1) is 10.1. The van der Waals surface area contributed by atoms with Gasteiger partial charge in [-0.3, -0.25) is 4.90 Å². The molecule has 5 heteroatoms. The summed E-state index contributed by atoms with van der Waals surface area (Å²) in [6, 6.07) is 2.23. The van der Waals surface area contributed by atoms with Crippen LogP contribution in [0, 0.1) is 0 Å². The summed E-state index contributed by atoms with van der Waals surface area (Å²) in [6.45, 7) is 1.14. The number of pyridine rings is 1. The summed E-state index contributed by atoms with van der Waals surface area (Å²) in [5.74, 6) is 1.03. The number of H-pyrrole nitrogens is 1. The van der Waals surface area contributed by atoms with E-state index in [0.717, 1.165) is 29.8 Å². The van der Waals surface area contributed by atoms with E-state index in [2.05, 4.69) is 26.9 Å². The zero-order chi connectivity index (χ0) is 11.1. The minimum Gasteiger partial charge on any atom is -0.341 e. The van der Waals surface area contributed by atoms with Crippen molar-refractivity contribution in [3.63, 3.8) is 0 Å². The van der Waals surface area contributed by atoms with Gasteiger partial charge in [0.2, 0.25) is 0 Å². The maximum atomic E-state index is 5.85.